The van der Waals surface area contributed by atoms with Crippen LogP contribution >= 0.6 is 0 Å². The van der Waals surface area contributed by atoms with Gasteiger partial charge >= 0.3 is 17.9 Å². The number of rotatable bonds is 47. The normalized spacial score (nSPS) is 12.2. The molecule has 0 aromatic carbocycles. The molecule has 0 aromatic rings. The molecule has 0 N–H and O–H groups in total. The molecule has 0 bridgehead atoms. The van der Waals surface area contributed by atoms with Gasteiger partial charge in [0.2, 0.25) is 0 Å². The predicted molar refractivity (Wildman–Crippen MR) is 256 cm³/mol. The summed E-state index contributed by atoms with van der Waals surface area (Å²) in [5, 5.41) is 0. The van der Waals surface area contributed by atoms with Gasteiger partial charge in [0.05, 0.1) is 0 Å². The van der Waals surface area contributed by atoms with Gasteiger partial charge in [-0.3, -0.25) is 14.4 Å². The quantitative estimate of drug-likeness (QED) is 0.0345. The Labute approximate surface area is 374 Å². The highest BCUT2D eigenvalue weighted by molar-refractivity contribution is 5.71. The lowest BCUT2D eigenvalue weighted by Crippen LogP contribution is -2.30. The Hall–Kier alpha value is -1.59. The van der Waals surface area contributed by atoms with Crippen LogP contribution in [0.4, 0.5) is 0 Å². The minimum absolute atomic E-state index is 0.0649. The van der Waals surface area contributed by atoms with Crippen LogP contribution < -0.4 is 0 Å². The van der Waals surface area contributed by atoms with Crippen LogP contribution in [0.2, 0.25) is 0 Å². The minimum atomic E-state index is -0.763. The van der Waals surface area contributed by atoms with Gasteiger partial charge in [-0.1, -0.05) is 253 Å². The Morgan fingerprint density at radius 3 is 0.717 bits per heavy atom. The molecule has 6 nitrogen and oxygen atoms in total. The Kier molecular flexibility index (Phi) is 44.2. The number of carbonyl (C=O) groups excluding carboxylic acids is 3. The number of hydrogen-bond acceptors (Lipinski definition) is 6. The highest BCUT2D eigenvalue weighted by Crippen LogP contribution is 2.18. The lowest BCUT2D eigenvalue weighted by atomic mass is 10.0. The van der Waals surface area contributed by atoms with Crippen molar-refractivity contribution in [3.63, 3.8) is 0 Å². The molecule has 0 spiro atoms. The Bertz CT molecular complexity index is 929. The number of carbonyl (C=O) groups is 3. The lowest BCUT2D eigenvalue weighted by Gasteiger charge is -2.18. The van der Waals surface area contributed by atoms with Crippen molar-refractivity contribution in [2.45, 2.75) is 298 Å². The average molecular weight is 849 g/mol. The highest BCUT2D eigenvalue weighted by Gasteiger charge is 2.19. The number of unbranched alkanes of at least 4 members (excludes halogenated alkanes) is 30. The van der Waals surface area contributed by atoms with Gasteiger partial charge < -0.3 is 14.2 Å². The highest BCUT2D eigenvalue weighted by atomic mass is 16.6. The minimum Gasteiger partial charge on any atom is -0.462 e. The Balaban J connectivity index is 4.28. The molecule has 0 aromatic heterocycles. The van der Waals surface area contributed by atoms with Crippen LogP contribution in [-0.4, -0.2) is 37.2 Å². The SMILES string of the molecule is CC(C)CCCCCCCCCCCCCCCCCC(=O)O[C@H](COC(=O)CCCCCCCCCCCCCC(C)C)COC(=O)CCCCCCCCCC(C)C. The molecular formula is C54H104O6. The van der Waals surface area contributed by atoms with Crippen LogP contribution in [-0.2, 0) is 28.6 Å². The fraction of sp³-hybridized carbons (Fsp3) is 0.944. The predicted octanol–water partition coefficient (Wildman–Crippen LogP) is 17.2. The third-order valence-corrected chi connectivity index (χ3v) is 12.1. The summed E-state index contributed by atoms with van der Waals surface area (Å²) in [5.74, 6) is 1.60. The van der Waals surface area contributed by atoms with E-state index in [0.29, 0.717) is 19.3 Å². The van der Waals surface area contributed by atoms with Crippen molar-refractivity contribution >= 4 is 17.9 Å². The first kappa shape index (κ1) is 58.4. The van der Waals surface area contributed by atoms with E-state index in [2.05, 4.69) is 41.5 Å². The van der Waals surface area contributed by atoms with E-state index in [0.717, 1.165) is 75.5 Å². The smallest absolute Gasteiger partial charge is 0.306 e. The van der Waals surface area contributed by atoms with Crippen LogP contribution in [0.5, 0.6) is 0 Å². The Morgan fingerprint density at radius 2 is 0.483 bits per heavy atom. The fourth-order valence-corrected chi connectivity index (χ4v) is 8.12. The summed E-state index contributed by atoms with van der Waals surface area (Å²) in [4.78, 5) is 37.9. The Morgan fingerprint density at radius 1 is 0.283 bits per heavy atom. The molecule has 0 rings (SSSR count). The number of esters is 3. The monoisotopic (exact) mass is 849 g/mol. The summed E-state index contributed by atoms with van der Waals surface area (Å²) in [6.45, 7) is 13.7. The van der Waals surface area contributed by atoms with E-state index in [9.17, 15) is 14.4 Å². The van der Waals surface area contributed by atoms with Crippen molar-refractivity contribution in [2.75, 3.05) is 13.2 Å². The summed E-state index contributed by atoms with van der Waals surface area (Å²) >= 11 is 0. The maximum Gasteiger partial charge on any atom is 0.306 e. The molecule has 1 atom stereocenters. The van der Waals surface area contributed by atoms with Crippen LogP contribution in [0.15, 0.2) is 0 Å². The molecule has 0 fully saturated rings. The van der Waals surface area contributed by atoms with E-state index >= 15 is 0 Å². The second-order valence-corrected chi connectivity index (χ2v) is 19.9. The van der Waals surface area contributed by atoms with E-state index in [4.69, 9.17) is 14.2 Å². The molecule has 0 unspecified atom stereocenters. The van der Waals surface area contributed by atoms with E-state index in [-0.39, 0.29) is 31.1 Å². The first-order valence-corrected chi connectivity index (χ1v) is 26.6. The van der Waals surface area contributed by atoms with Crippen LogP contribution in [0.25, 0.3) is 0 Å². The summed E-state index contributed by atoms with van der Waals surface area (Å²) in [6, 6.07) is 0. The van der Waals surface area contributed by atoms with E-state index < -0.39 is 6.10 Å². The van der Waals surface area contributed by atoms with Crippen LogP contribution in [0.1, 0.15) is 292 Å². The van der Waals surface area contributed by atoms with Crippen molar-refractivity contribution in [1.82, 2.24) is 0 Å². The van der Waals surface area contributed by atoms with Gasteiger partial charge in [0, 0.05) is 19.3 Å². The summed E-state index contributed by atoms with van der Waals surface area (Å²) in [5.41, 5.74) is 0. The largest absolute Gasteiger partial charge is 0.462 e. The van der Waals surface area contributed by atoms with Gasteiger partial charge in [0.15, 0.2) is 6.10 Å². The zero-order valence-corrected chi connectivity index (χ0v) is 41.3. The topological polar surface area (TPSA) is 78.9 Å². The second kappa shape index (κ2) is 45.4. The van der Waals surface area contributed by atoms with Crippen LogP contribution in [0.3, 0.4) is 0 Å². The lowest BCUT2D eigenvalue weighted by molar-refractivity contribution is -0.167. The molecule has 0 aliphatic heterocycles. The maximum atomic E-state index is 12.8. The molecule has 0 heterocycles. The third-order valence-electron chi connectivity index (χ3n) is 12.1. The zero-order valence-electron chi connectivity index (χ0n) is 41.3. The van der Waals surface area contributed by atoms with Crippen molar-refractivity contribution in [3.8, 4) is 0 Å². The van der Waals surface area contributed by atoms with E-state index in [1.54, 1.807) is 0 Å². The molecule has 0 saturated heterocycles. The molecule has 0 aliphatic carbocycles. The molecule has 0 aliphatic rings. The summed E-state index contributed by atoms with van der Waals surface area (Å²) in [6.07, 6.45) is 45.3. The molecule has 0 radical (unpaired) electrons. The molecule has 0 amide bonds. The van der Waals surface area contributed by atoms with Gasteiger partial charge in [-0.15, -0.1) is 0 Å². The van der Waals surface area contributed by atoms with Crippen molar-refractivity contribution < 1.29 is 28.6 Å². The van der Waals surface area contributed by atoms with Crippen molar-refractivity contribution in [1.29, 1.82) is 0 Å². The van der Waals surface area contributed by atoms with Gasteiger partial charge in [-0.05, 0) is 37.0 Å². The number of hydrogen-bond donors (Lipinski definition) is 0. The van der Waals surface area contributed by atoms with Gasteiger partial charge in [-0.25, -0.2) is 0 Å². The first-order valence-electron chi connectivity index (χ1n) is 26.6. The van der Waals surface area contributed by atoms with E-state index in [1.165, 1.54) is 173 Å². The second-order valence-electron chi connectivity index (χ2n) is 19.9. The van der Waals surface area contributed by atoms with E-state index in [1.807, 2.05) is 0 Å². The van der Waals surface area contributed by atoms with Gasteiger partial charge in [-0.2, -0.15) is 0 Å². The zero-order chi connectivity index (χ0) is 44.2. The molecule has 356 valence electrons. The van der Waals surface area contributed by atoms with Gasteiger partial charge in [0.25, 0.3) is 0 Å². The van der Waals surface area contributed by atoms with Crippen LogP contribution in [0, 0.1) is 17.8 Å². The molecule has 60 heavy (non-hydrogen) atoms. The van der Waals surface area contributed by atoms with Crippen molar-refractivity contribution in [2.24, 2.45) is 17.8 Å². The van der Waals surface area contributed by atoms with Gasteiger partial charge in [0.1, 0.15) is 13.2 Å². The first-order chi connectivity index (χ1) is 29.1. The fourth-order valence-electron chi connectivity index (χ4n) is 8.12. The summed E-state index contributed by atoms with van der Waals surface area (Å²) < 4.78 is 16.8. The molecular weight excluding hydrogens is 745 g/mol. The average Bonchev–Trinajstić information content (AvgIpc) is 3.20. The summed E-state index contributed by atoms with van der Waals surface area (Å²) in [7, 11) is 0. The molecule has 0 saturated carbocycles. The third kappa shape index (κ3) is 47.5. The number of ether oxygens (including phenoxy) is 3. The van der Waals surface area contributed by atoms with Crippen molar-refractivity contribution in [3.05, 3.63) is 0 Å². The molecule has 6 heteroatoms. The standard InChI is InChI=1S/C54H104O6/c1-48(2)40-34-28-22-17-13-10-8-7-9-11-15-20-26-33-39-45-54(57)60-51(47-59-53(56)44-38-32-27-21-24-30-36-42-50(5)6)46-58-52(55)43-37-31-25-19-16-12-14-18-23-29-35-41-49(3)4/h48-51H,7-47H2,1-6H3/t51-/m1/s1. The maximum absolute atomic E-state index is 12.8.